The first-order valence-electron chi connectivity index (χ1n) is 5.75. The zero-order chi connectivity index (χ0) is 11.0. The molecule has 1 nitrogen and oxygen atoms in total. The third-order valence-electron chi connectivity index (χ3n) is 3.11. The van der Waals surface area contributed by atoms with Crippen molar-refractivity contribution in [1.82, 2.24) is 0 Å². The molecule has 0 atom stereocenters. The molecule has 16 heavy (non-hydrogen) atoms. The number of anilines is 1. The number of fused-ring (bicyclic) bond motifs is 1. The van der Waals surface area contributed by atoms with E-state index in [2.05, 4.69) is 41.9 Å². The summed E-state index contributed by atoms with van der Waals surface area (Å²) in [4.78, 5) is 1.38. The molecule has 0 radical (unpaired) electrons. The number of nitrogens with one attached hydrogen (secondary N) is 1. The van der Waals surface area contributed by atoms with E-state index in [0.29, 0.717) is 0 Å². The van der Waals surface area contributed by atoms with E-state index in [0.717, 1.165) is 6.54 Å². The van der Waals surface area contributed by atoms with Crippen LogP contribution in [0, 0.1) is 6.92 Å². The highest BCUT2D eigenvalue weighted by Crippen LogP contribution is 2.30. The predicted molar refractivity (Wildman–Crippen MR) is 71.3 cm³/mol. The lowest BCUT2D eigenvalue weighted by Gasteiger charge is -2.18. The molecule has 0 saturated heterocycles. The van der Waals surface area contributed by atoms with Crippen molar-refractivity contribution in [3.63, 3.8) is 0 Å². The van der Waals surface area contributed by atoms with Gasteiger partial charge in [0.2, 0.25) is 0 Å². The van der Waals surface area contributed by atoms with Gasteiger partial charge >= 0.3 is 0 Å². The summed E-state index contributed by atoms with van der Waals surface area (Å²) >= 11 is 1.82. The van der Waals surface area contributed by atoms with Gasteiger partial charge in [-0.3, -0.25) is 0 Å². The Hall–Kier alpha value is -1.28. The van der Waals surface area contributed by atoms with Crippen LogP contribution in [0.25, 0.3) is 11.1 Å². The van der Waals surface area contributed by atoms with Crippen LogP contribution in [0.2, 0.25) is 0 Å². The Bertz CT molecular complexity index is 513. The van der Waals surface area contributed by atoms with Crippen molar-refractivity contribution in [1.29, 1.82) is 0 Å². The highest BCUT2D eigenvalue weighted by molar-refractivity contribution is 7.10. The number of thiophene rings is 1. The number of aryl methyl sites for hydroxylation is 2. The van der Waals surface area contributed by atoms with Crippen LogP contribution in [0.5, 0.6) is 0 Å². The molecule has 0 saturated carbocycles. The summed E-state index contributed by atoms with van der Waals surface area (Å²) in [6.07, 6.45) is 2.46. The first kappa shape index (κ1) is 9.91. The average Bonchev–Trinajstić information content (AvgIpc) is 2.75. The third kappa shape index (κ3) is 1.74. The Labute approximate surface area is 100 Å². The number of hydrogen-bond donors (Lipinski definition) is 1. The van der Waals surface area contributed by atoms with E-state index in [1.807, 2.05) is 11.3 Å². The van der Waals surface area contributed by atoms with Crippen molar-refractivity contribution in [2.75, 3.05) is 11.9 Å². The second-order valence-electron chi connectivity index (χ2n) is 4.35. The normalized spacial score (nSPS) is 14.3. The highest BCUT2D eigenvalue weighted by Gasteiger charge is 2.09. The molecular formula is C14H15NS. The quantitative estimate of drug-likeness (QED) is 0.777. The van der Waals surface area contributed by atoms with Crippen LogP contribution < -0.4 is 5.32 Å². The van der Waals surface area contributed by atoms with Gasteiger partial charge in [0.15, 0.2) is 0 Å². The average molecular weight is 229 g/mol. The molecule has 2 aromatic rings. The summed E-state index contributed by atoms with van der Waals surface area (Å²) in [5, 5.41) is 5.69. The number of benzene rings is 1. The molecule has 82 valence electrons. The van der Waals surface area contributed by atoms with Gasteiger partial charge in [0, 0.05) is 17.1 Å². The van der Waals surface area contributed by atoms with Gasteiger partial charge in [-0.05, 0) is 60.0 Å². The molecule has 2 heterocycles. The SMILES string of the molecule is Cc1cc(-c2ccc3c(c2)CCCN3)cs1. The second-order valence-corrected chi connectivity index (χ2v) is 5.46. The van der Waals surface area contributed by atoms with Gasteiger partial charge in [-0.25, -0.2) is 0 Å². The minimum atomic E-state index is 1.11. The van der Waals surface area contributed by atoms with Crippen LogP contribution in [-0.2, 0) is 6.42 Å². The summed E-state index contributed by atoms with van der Waals surface area (Å²) in [6.45, 7) is 3.28. The van der Waals surface area contributed by atoms with Crippen molar-refractivity contribution in [2.45, 2.75) is 19.8 Å². The molecule has 1 N–H and O–H groups in total. The van der Waals surface area contributed by atoms with Gasteiger partial charge in [0.1, 0.15) is 0 Å². The molecule has 0 aliphatic carbocycles. The van der Waals surface area contributed by atoms with E-state index in [4.69, 9.17) is 0 Å². The Morgan fingerprint density at radius 2 is 2.12 bits per heavy atom. The molecule has 0 amide bonds. The summed E-state index contributed by atoms with van der Waals surface area (Å²) in [6, 6.07) is 9.04. The van der Waals surface area contributed by atoms with Crippen molar-refractivity contribution >= 4 is 17.0 Å². The molecule has 1 aromatic carbocycles. The van der Waals surface area contributed by atoms with Crippen molar-refractivity contribution in [3.8, 4) is 11.1 Å². The number of hydrogen-bond acceptors (Lipinski definition) is 2. The first-order valence-corrected chi connectivity index (χ1v) is 6.63. The molecule has 0 unspecified atom stereocenters. The second kappa shape index (κ2) is 3.95. The van der Waals surface area contributed by atoms with E-state index in [1.165, 1.54) is 40.1 Å². The van der Waals surface area contributed by atoms with Crippen LogP contribution in [0.4, 0.5) is 5.69 Å². The minimum Gasteiger partial charge on any atom is -0.385 e. The highest BCUT2D eigenvalue weighted by atomic mass is 32.1. The molecule has 1 aliphatic heterocycles. The van der Waals surface area contributed by atoms with Crippen LogP contribution in [0.3, 0.4) is 0 Å². The molecule has 0 bridgehead atoms. The maximum atomic E-state index is 3.45. The molecular weight excluding hydrogens is 214 g/mol. The summed E-state index contributed by atoms with van der Waals surface area (Å²) in [5.41, 5.74) is 5.50. The maximum Gasteiger partial charge on any atom is 0.0373 e. The Balaban J connectivity index is 2.02. The molecule has 1 aliphatic rings. The van der Waals surface area contributed by atoms with Crippen LogP contribution >= 0.6 is 11.3 Å². The Morgan fingerprint density at radius 1 is 1.19 bits per heavy atom. The number of rotatable bonds is 1. The van der Waals surface area contributed by atoms with Gasteiger partial charge in [0.25, 0.3) is 0 Å². The zero-order valence-corrected chi connectivity index (χ0v) is 10.2. The molecule has 0 fully saturated rings. The van der Waals surface area contributed by atoms with E-state index in [1.54, 1.807) is 0 Å². The first-order chi connectivity index (χ1) is 7.83. The van der Waals surface area contributed by atoms with Crippen LogP contribution in [0.1, 0.15) is 16.9 Å². The fourth-order valence-electron chi connectivity index (χ4n) is 2.25. The van der Waals surface area contributed by atoms with E-state index >= 15 is 0 Å². The fourth-order valence-corrected chi connectivity index (χ4v) is 2.96. The van der Waals surface area contributed by atoms with Crippen LogP contribution in [-0.4, -0.2) is 6.54 Å². The van der Waals surface area contributed by atoms with E-state index < -0.39 is 0 Å². The lowest BCUT2D eigenvalue weighted by atomic mass is 9.98. The van der Waals surface area contributed by atoms with Crippen molar-refractivity contribution in [2.24, 2.45) is 0 Å². The fraction of sp³-hybridized carbons (Fsp3) is 0.286. The zero-order valence-electron chi connectivity index (χ0n) is 9.42. The van der Waals surface area contributed by atoms with Crippen LogP contribution in [0.15, 0.2) is 29.6 Å². The van der Waals surface area contributed by atoms with E-state index in [-0.39, 0.29) is 0 Å². The largest absolute Gasteiger partial charge is 0.385 e. The maximum absolute atomic E-state index is 3.45. The van der Waals surface area contributed by atoms with Gasteiger partial charge in [0.05, 0.1) is 0 Å². The van der Waals surface area contributed by atoms with Crippen molar-refractivity contribution < 1.29 is 0 Å². The topological polar surface area (TPSA) is 12.0 Å². The predicted octanol–water partition coefficient (Wildman–Crippen LogP) is 4.08. The monoisotopic (exact) mass is 229 g/mol. The lowest BCUT2D eigenvalue weighted by molar-refractivity contribution is 0.830. The summed E-state index contributed by atoms with van der Waals surface area (Å²) < 4.78 is 0. The van der Waals surface area contributed by atoms with Gasteiger partial charge < -0.3 is 5.32 Å². The smallest absolute Gasteiger partial charge is 0.0373 e. The molecule has 2 heteroatoms. The Morgan fingerprint density at radius 3 is 2.94 bits per heavy atom. The van der Waals surface area contributed by atoms with Gasteiger partial charge in [-0.15, -0.1) is 11.3 Å². The third-order valence-corrected chi connectivity index (χ3v) is 3.97. The van der Waals surface area contributed by atoms with Gasteiger partial charge in [-0.1, -0.05) is 6.07 Å². The van der Waals surface area contributed by atoms with Crippen molar-refractivity contribution in [3.05, 3.63) is 40.1 Å². The standard InChI is InChI=1S/C14H15NS/c1-10-7-13(9-16-10)11-4-5-14-12(8-11)3-2-6-15-14/h4-5,7-9,15H,2-3,6H2,1H3. The molecule has 1 aromatic heterocycles. The molecule has 3 rings (SSSR count). The van der Waals surface area contributed by atoms with Gasteiger partial charge in [-0.2, -0.15) is 0 Å². The minimum absolute atomic E-state index is 1.11. The summed E-state index contributed by atoms with van der Waals surface area (Å²) in [5.74, 6) is 0. The van der Waals surface area contributed by atoms with E-state index in [9.17, 15) is 0 Å². The molecule has 0 spiro atoms. The Kier molecular flexibility index (Phi) is 2.44. The lowest BCUT2D eigenvalue weighted by Crippen LogP contribution is -2.11. The summed E-state index contributed by atoms with van der Waals surface area (Å²) in [7, 11) is 0.